The molecule has 0 radical (unpaired) electrons. The van der Waals surface area contributed by atoms with Crippen molar-refractivity contribution in [2.45, 2.75) is 26.3 Å². The molecular weight excluding hydrogens is 264 g/mol. The molecule has 0 heterocycles. The molecule has 1 atom stereocenters. The van der Waals surface area contributed by atoms with Crippen LogP contribution in [0.4, 0.5) is 10.5 Å². The zero-order valence-electron chi connectivity index (χ0n) is 11.1. The number of amides is 2. The molecule has 7 nitrogen and oxygen atoms in total. The fourth-order valence-electron chi connectivity index (χ4n) is 1.75. The maximum atomic E-state index is 11.7. The van der Waals surface area contributed by atoms with Crippen molar-refractivity contribution < 1.29 is 24.6 Å². The number of carboxylic acids is 2. The van der Waals surface area contributed by atoms with Crippen LogP contribution in [0, 0.1) is 13.8 Å². The van der Waals surface area contributed by atoms with Gasteiger partial charge in [-0.3, -0.25) is 4.79 Å². The van der Waals surface area contributed by atoms with Crippen molar-refractivity contribution in [2.24, 2.45) is 0 Å². The van der Waals surface area contributed by atoms with Gasteiger partial charge in [-0.15, -0.1) is 0 Å². The van der Waals surface area contributed by atoms with E-state index in [2.05, 4.69) is 10.6 Å². The highest BCUT2D eigenvalue weighted by Crippen LogP contribution is 2.13. The fraction of sp³-hybridized carbons (Fsp3) is 0.308. The highest BCUT2D eigenvalue weighted by atomic mass is 16.4. The predicted molar refractivity (Wildman–Crippen MR) is 71.7 cm³/mol. The average Bonchev–Trinajstić information content (AvgIpc) is 2.25. The molecule has 0 aliphatic rings. The van der Waals surface area contributed by atoms with E-state index in [1.54, 1.807) is 12.1 Å². The summed E-state index contributed by atoms with van der Waals surface area (Å²) >= 11 is 0. The van der Waals surface area contributed by atoms with Gasteiger partial charge in [-0.05, 0) is 37.1 Å². The van der Waals surface area contributed by atoms with Crippen molar-refractivity contribution in [3.63, 3.8) is 0 Å². The first kappa shape index (κ1) is 15.5. The Bertz CT molecular complexity index is 521. The average molecular weight is 280 g/mol. The van der Waals surface area contributed by atoms with E-state index >= 15 is 0 Å². The number of nitrogens with one attached hydrogen (secondary N) is 2. The molecule has 2 amide bonds. The lowest BCUT2D eigenvalue weighted by molar-refractivity contribution is -0.145. The molecule has 1 unspecified atom stereocenters. The van der Waals surface area contributed by atoms with E-state index in [9.17, 15) is 14.4 Å². The van der Waals surface area contributed by atoms with Crippen molar-refractivity contribution in [3.05, 3.63) is 29.3 Å². The van der Waals surface area contributed by atoms with Gasteiger partial charge < -0.3 is 20.8 Å². The first-order valence-corrected chi connectivity index (χ1v) is 5.88. The molecule has 1 rings (SSSR count). The third-order valence-corrected chi connectivity index (χ3v) is 2.46. The number of carboxylic acid groups (broad SMARTS) is 2. The lowest BCUT2D eigenvalue weighted by Gasteiger charge is -2.14. The molecule has 7 heteroatoms. The number of hydrogen-bond donors (Lipinski definition) is 4. The molecule has 0 saturated carbocycles. The summed E-state index contributed by atoms with van der Waals surface area (Å²) in [4.78, 5) is 33.0. The van der Waals surface area contributed by atoms with Crippen molar-refractivity contribution in [1.29, 1.82) is 0 Å². The number of rotatable bonds is 5. The number of anilines is 1. The quantitative estimate of drug-likeness (QED) is 0.649. The Morgan fingerprint density at radius 2 is 1.65 bits per heavy atom. The molecular formula is C13H16N2O5. The molecule has 1 aromatic rings. The Balaban J connectivity index is 2.70. The van der Waals surface area contributed by atoms with Crippen LogP contribution in [-0.4, -0.2) is 34.2 Å². The SMILES string of the molecule is Cc1cc(C)cc(NC(=O)NC(CC(=O)O)C(=O)O)c1. The van der Waals surface area contributed by atoms with Crippen LogP contribution in [0.2, 0.25) is 0 Å². The second-order valence-electron chi connectivity index (χ2n) is 4.46. The van der Waals surface area contributed by atoms with Crippen LogP contribution in [0.1, 0.15) is 17.5 Å². The minimum absolute atomic E-state index is 0.513. The number of carbonyl (C=O) groups is 3. The summed E-state index contributed by atoms with van der Waals surface area (Å²) in [5.41, 5.74) is 2.40. The predicted octanol–water partition coefficient (Wildman–Crippen LogP) is 1.35. The fourth-order valence-corrected chi connectivity index (χ4v) is 1.75. The van der Waals surface area contributed by atoms with E-state index in [4.69, 9.17) is 10.2 Å². The maximum Gasteiger partial charge on any atom is 0.326 e. The zero-order chi connectivity index (χ0) is 15.3. The van der Waals surface area contributed by atoms with E-state index in [0.29, 0.717) is 5.69 Å². The lowest BCUT2D eigenvalue weighted by atomic mass is 10.1. The molecule has 0 bridgehead atoms. The van der Waals surface area contributed by atoms with Crippen LogP contribution >= 0.6 is 0 Å². The Morgan fingerprint density at radius 1 is 1.10 bits per heavy atom. The molecule has 0 saturated heterocycles. The van der Waals surface area contributed by atoms with E-state index < -0.39 is 30.4 Å². The number of benzene rings is 1. The lowest BCUT2D eigenvalue weighted by Crippen LogP contribution is -2.44. The molecule has 0 spiro atoms. The Morgan fingerprint density at radius 3 is 2.10 bits per heavy atom. The summed E-state index contributed by atoms with van der Waals surface area (Å²) in [5.74, 6) is -2.70. The standard InChI is InChI=1S/C13H16N2O5/c1-7-3-8(2)5-9(4-7)14-13(20)15-10(12(18)19)6-11(16)17/h3-5,10H,6H2,1-2H3,(H,16,17)(H,18,19)(H2,14,15,20). The number of carbonyl (C=O) groups excluding carboxylic acids is 1. The van der Waals surface area contributed by atoms with Crippen molar-refractivity contribution in [2.75, 3.05) is 5.32 Å². The molecule has 0 aliphatic heterocycles. The summed E-state index contributed by atoms with van der Waals surface area (Å²) in [7, 11) is 0. The molecule has 0 aromatic heterocycles. The van der Waals surface area contributed by atoms with Crippen LogP contribution in [0.5, 0.6) is 0 Å². The maximum absolute atomic E-state index is 11.7. The number of aryl methyl sites for hydroxylation is 2. The van der Waals surface area contributed by atoms with Gasteiger partial charge in [0.15, 0.2) is 0 Å². The molecule has 4 N–H and O–H groups in total. The minimum Gasteiger partial charge on any atom is -0.481 e. The van der Waals surface area contributed by atoms with E-state index in [0.717, 1.165) is 11.1 Å². The van der Waals surface area contributed by atoms with Gasteiger partial charge in [0.25, 0.3) is 0 Å². The summed E-state index contributed by atoms with van der Waals surface area (Å²) in [5, 5.41) is 22.0. The van der Waals surface area contributed by atoms with Crippen LogP contribution in [0.25, 0.3) is 0 Å². The second kappa shape index (κ2) is 6.55. The number of aliphatic carboxylic acids is 2. The first-order valence-electron chi connectivity index (χ1n) is 5.88. The summed E-state index contributed by atoms with van der Waals surface area (Å²) in [6.07, 6.45) is -0.685. The van der Waals surface area contributed by atoms with Gasteiger partial charge in [-0.25, -0.2) is 9.59 Å². The van der Waals surface area contributed by atoms with Gasteiger partial charge in [0.1, 0.15) is 6.04 Å². The third-order valence-electron chi connectivity index (χ3n) is 2.46. The third kappa shape index (κ3) is 4.97. The van der Waals surface area contributed by atoms with Crippen LogP contribution in [0.3, 0.4) is 0 Å². The zero-order valence-corrected chi connectivity index (χ0v) is 11.1. The van der Waals surface area contributed by atoms with Gasteiger partial charge in [0.2, 0.25) is 0 Å². The molecule has 0 aliphatic carbocycles. The van der Waals surface area contributed by atoms with E-state index in [-0.39, 0.29) is 0 Å². The van der Waals surface area contributed by atoms with Crippen molar-refractivity contribution >= 4 is 23.7 Å². The van der Waals surface area contributed by atoms with Gasteiger partial charge in [-0.2, -0.15) is 0 Å². The Hall–Kier alpha value is -2.57. The smallest absolute Gasteiger partial charge is 0.326 e. The summed E-state index contributed by atoms with van der Waals surface area (Å²) < 4.78 is 0. The summed E-state index contributed by atoms with van der Waals surface area (Å²) in [6, 6.07) is 3.13. The van der Waals surface area contributed by atoms with Gasteiger partial charge >= 0.3 is 18.0 Å². The second-order valence-corrected chi connectivity index (χ2v) is 4.46. The number of hydrogen-bond acceptors (Lipinski definition) is 3. The molecule has 20 heavy (non-hydrogen) atoms. The molecule has 108 valence electrons. The van der Waals surface area contributed by atoms with Crippen LogP contribution in [0.15, 0.2) is 18.2 Å². The Labute approximate surface area is 115 Å². The largest absolute Gasteiger partial charge is 0.481 e. The normalized spacial score (nSPS) is 11.5. The highest BCUT2D eigenvalue weighted by Gasteiger charge is 2.22. The minimum atomic E-state index is -1.47. The van der Waals surface area contributed by atoms with Gasteiger partial charge in [-0.1, -0.05) is 6.07 Å². The van der Waals surface area contributed by atoms with E-state index in [1.165, 1.54) is 0 Å². The monoisotopic (exact) mass is 280 g/mol. The summed E-state index contributed by atoms with van der Waals surface area (Å²) in [6.45, 7) is 3.72. The topological polar surface area (TPSA) is 116 Å². The first-order chi connectivity index (χ1) is 9.27. The van der Waals surface area contributed by atoms with Crippen LogP contribution < -0.4 is 10.6 Å². The van der Waals surface area contributed by atoms with Gasteiger partial charge in [0.05, 0.1) is 6.42 Å². The van der Waals surface area contributed by atoms with Gasteiger partial charge in [0, 0.05) is 5.69 Å². The van der Waals surface area contributed by atoms with Crippen LogP contribution in [-0.2, 0) is 9.59 Å². The highest BCUT2D eigenvalue weighted by molar-refractivity contribution is 5.93. The van der Waals surface area contributed by atoms with Crippen molar-refractivity contribution in [3.8, 4) is 0 Å². The molecule has 0 fully saturated rings. The Kier molecular flexibility index (Phi) is 5.08. The van der Waals surface area contributed by atoms with Crippen molar-refractivity contribution in [1.82, 2.24) is 5.32 Å². The van der Waals surface area contributed by atoms with E-state index in [1.807, 2.05) is 19.9 Å². The number of urea groups is 1. The molecule has 1 aromatic carbocycles.